The number of aromatic nitrogens is 2. The van der Waals surface area contributed by atoms with E-state index in [0.29, 0.717) is 53.2 Å². The number of urea groups is 1. The molecule has 2 aromatic carbocycles. The molecular formula is C24H20N4O5. The zero-order chi connectivity index (χ0) is 22.6. The van der Waals surface area contributed by atoms with E-state index in [0.717, 1.165) is 0 Å². The SMILES string of the molecule is O=C(Nc1ccc2c(c1)OCCO2)Nc1ccccc1OCc1cc(=O)n2ccccc2n1. The maximum absolute atomic E-state index is 12.6. The molecule has 0 saturated carbocycles. The van der Waals surface area contributed by atoms with Crippen LogP contribution >= 0.6 is 0 Å². The largest absolute Gasteiger partial charge is 0.486 e. The molecule has 0 bridgehead atoms. The highest BCUT2D eigenvalue weighted by Gasteiger charge is 2.14. The summed E-state index contributed by atoms with van der Waals surface area (Å²) in [4.78, 5) is 29.3. The Kier molecular flexibility index (Phi) is 5.50. The first-order chi connectivity index (χ1) is 16.2. The molecule has 0 radical (unpaired) electrons. The molecule has 0 spiro atoms. The molecule has 0 atom stereocenters. The summed E-state index contributed by atoms with van der Waals surface area (Å²) < 4.78 is 18.4. The van der Waals surface area contributed by atoms with Crippen molar-refractivity contribution in [2.24, 2.45) is 0 Å². The highest BCUT2D eigenvalue weighted by atomic mass is 16.6. The van der Waals surface area contributed by atoms with Crippen LogP contribution in [0, 0.1) is 0 Å². The van der Waals surface area contributed by atoms with E-state index in [4.69, 9.17) is 14.2 Å². The minimum absolute atomic E-state index is 0.0725. The number of amides is 2. The molecule has 33 heavy (non-hydrogen) atoms. The van der Waals surface area contributed by atoms with Gasteiger partial charge in [0.2, 0.25) is 0 Å². The van der Waals surface area contributed by atoms with Gasteiger partial charge in [0.1, 0.15) is 31.2 Å². The fraction of sp³-hybridized carbons (Fsp3) is 0.125. The van der Waals surface area contributed by atoms with Gasteiger partial charge in [-0.1, -0.05) is 18.2 Å². The highest BCUT2D eigenvalue weighted by molar-refractivity contribution is 6.00. The van der Waals surface area contributed by atoms with Crippen molar-refractivity contribution in [1.82, 2.24) is 9.38 Å². The third-order valence-corrected chi connectivity index (χ3v) is 4.93. The average molecular weight is 444 g/mol. The van der Waals surface area contributed by atoms with Crippen LogP contribution in [-0.4, -0.2) is 28.6 Å². The monoisotopic (exact) mass is 444 g/mol. The average Bonchev–Trinajstić information content (AvgIpc) is 2.83. The molecule has 0 fully saturated rings. The van der Waals surface area contributed by atoms with Gasteiger partial charge in [0.15, 0.2) is 11.5 Å². The lowest BCUT2D eigenvalue weighted by atomic mass is 10.2. The predicted octanol–water partition coefficient (Wildman–Crippen LogP) is 3.69. The number of anilines is 2. The number of para-hydroxylation sites is 2. The number of hydrogen-bond acceptors (Lipinski definition) is 6. The maximum atomic E-state index is 12.6. The van der Waals surface area contributed by atoms with Gasteiger partial charge >= 0.3 is 6.03 Å². The van der Waals surface area contributed by atoms with Gasteiger partial charge in [-0.15, -0.1) is 0 Å². The molecule has 1 aliphatic heterocycles. The maximum Gasteiger partial charge on any atom is 0.323 e. The fourth-order valence-electron chi connectivity index (χ4n) is 3.43. The number of nitrogens with zero attached hydrogens (tertiary/aromatic N) is 2. The number of carbonyl (C=O) groups excluding carboxylic acids is 1. The normalized spacial score (nSPS) is 12.2. The van der Waals surface area contributed by atoms with Crippen molar-refractivity contribution in [2.75, 3.05) is 23.8 Å². The van der Waals surface area contributed by atoms with Gasteiger partial charge in [0, 0.05) is 24.0 Å². The molecule has 0 aliphatic carbocycles. The van der Waals surface area contributed by atoms with Crippen LogP contribution in [0.25, 0.3) is 5.65 Å². The Hall–Kier alpha value is -4.53. The first-order valence-electron chi connectivity index (χ1n) is 10.3. The van der Waals surface area contributed by atoms with Crippen LogP contribution in [0.5, 0.6) is 17.2 Å². The Labute approximate surface area is 188 Å². The summed E-state index contributed by atoms with van der Waals surface area (Å²) in [5.41, 5.74) is 1.88. The van der Waals surface area contributed by atoms with Gasteiger partial charge in [0.25, 0.3) is 5.56 Å². The van der Waals surface area contributed by atoms with Crippen molar-refractivity contribution >= 4 is 23.1 Å². The summed E-state index contributed by atoms with van der Waals surface area (Å²) in [5.74, 6) is 1.68. The summed E-state index contributed by atoms with van der Waals surface area (Å²) in [6, 6.07) is 18.5. The smallest absolute Gasteiger partial charge is 0.323 e. The van der Waals surface area contributed by atoms with Crippen LogP contribution in [0.1, 0.15) is 5.69 Å². The number of ether oxygens (including phenoxy) is 3. The Morgan fingerprint density at radius 1 is 0.970 bits per heavy atom. The summed E-state index contributed by atoms with van der Waals surface area (Å²) in [6.07, 6.45) is 1.66. The molecule has 3 heterocycles. The lowest BCUT2D eigenvalue weighted by molar-refractivity contribution is 0.171. The van der Waals surface area contributed by atoms with Gasteiger partial charge in [-0.05, 0) is 36.4 Å². The molecule has 5 rings (SSSR count). The van der Waals surface area contributed by atoms with Crippen LogP contribution < -0.4 is 30.4 Å². The Balaban J connectivity index is 1.27. The van der Waals surface area contributed by atoms with E-state index in [-0.39, 0.29) is 12.2 Å². The van der Waals surface area contributed by atoms with Gasteiger partial charge in [0.05, 0.1) is 11.4 Å². The first kappa shape index (κ1) is 20.4. The molecule has 1 aliphatic rings. The fourth-order valence-corrected chi connectivity index (χ4v) is 3.43. The zero-order valence-electron chi connectivity index (χ0n) is 17.5. The third-order valence-electron chi connectivity index (χ3n) is 4.93. The van der Waals surface area contributed by atoms with E-state index in [2.05, 4.69) is 15.6 Å². The van der Waals surface area contributed by atoms with Crippen molar-refractivity contribution in [1.29, 1.82) is 0 Å². The summed E-state index contributed by atoms with van der Waals surface area (Å²) >= 11 is 0. The van der Waals surface area contributed by atoms with Gasteiger partial charge in [-0.25, -0.2) is 9.78 Å². The summed E-state index contributed by atoms with van der Waals surface area (Å²) in [6.45, 7) is 1.04. The number of benzene rings is 2. The quantitative estimate of drug-likeness (QED) is 0.487. The number of nitrogens with one attached hydrogen (secondary N) is 2. The van der Waals surface area contributed by atoms with E-state index >= 15 is 0 Å². The lowest BCUT2D eigenvalue weighted by Crippen LogP contribution is -2.21. The topological polar surface area (TPSA) is 103 Å². The molecule has 0 saturated heterocycles. The number of fused-ring (bicyclic) bond motifs is 2. The predicted molar refractivity (Wildman–Crippen MR) is 122 cm³/mol. The third kappa shape index (κ3) is 4.57. The molecule has 2 N–H and O–H groups in total. The number of rotatable bonds is 5. The minimum atomic E-state index is -0.440. The van der Waals surface area contributed by atoms with Crippen molar-refractivity contribution in [3.63, 3.8) is 0 Å². The second-order valence-electron chi connectivity index (χ2n) is 7.24. The molecular weight excluding hydrogens is 424 g/mol. The van der Waals surface area contributed by atoms with Crippen LogP contribution in [-0.2, 0) is 6.61 Å². The Morgan fingerprint density at radius 3 is 2.70 bits per heavy atom. The van der Waals surface area contributed by atoms with Crippen LogP contribution in [0.4, 0.5) is 16.2 Å². The van der Waals surface area contributed by atoms with Gasteiger partial charge in [-0.2, -0.15) is 0 Å². The van der Waals surface area contributed by atoms with E-state index < -0.39 is 6.03 Å². The van der Waals surface area contributed by atoms with Crippen molar-refractivity contribution in [3.8, 4) is 17.2 Å². The first-order valence-corrected chi connectivity index (χ1v) is 10.3. The molecule has 0 unspecified atom stereocenters. The van der Waals surface area contributed by atoms with Gasteiger partial charge < -0.3 is 24.8 Å². The Bertz CT molecular complexity index is 1380. The minimum Gasteiger partial charge on any atom is -0.486 e. The lowest BCUT2D eigenvalue weighted by Gasteiger charge is -2.19. The highest BCUT2D eigenvalue weighted by Crippen LogP contribution is 2.32. The number of pyridine rings is 1. The van der Waals surface area contributed by atoms with Gasteiger partial charge in [-0.3, -0.25) is 9.20 Å². The van der Waals surface area contributed by atoms with Crippen LogP contribution in [0.3, 0.4) is 0 Å². The van der Waals surface area contributed by atoms with Crippen LogP contribution in [0.15, 0.2) is 77.7 Å². The molecule has 9 nitrogen and oxygen atoms in total. The number of hydrogen-bond donors (Lipinski definition) is 2. The zero-order valence-corrected chi connectivity index (χ0v) is 17.5. The van der Waals surface area contributed by atoms with E-state index in [1.165, 1.54) is 10.5 Å². The second kappa shape index (κ2) is 8.91. The molecule has 166 valence electrons. The standard InChI is InChI=1S/C24H20N4O5/c29-23-14-17(25-22-7-3-4-10-28(22)23)15-33-19-6-2-1-5-18(19)27-24(30)26-16-8-9-20-21(13-16)32-12-11-31-20/h1-10,13-14H,11-12,15H2,(H2,26,27,30). The van der Waals surface area contributed by atoms with Crippen LogP contribution in [0.2, 0.25) is 0 Å². The van der Waals surface area contributed by atoms with E-state index in [9.17, 15) is 9.59 Å². The van der Waals surface area contributed by atoms with Crippen molar-refractivity contribution in [3.05, 3.63) is 89.0 Å². The summed E-state index contributed by atoms with van der Waals surface area (Å²) in [5, 5.41) is 5.55. The number of carbonyl (C=O) groups is 1. The second-order valence-corrected chi connectivity index (χ2v) is 7.24. The van der Waals surface area contributed by atoms with E-state index in [1.807, 2.05) is 6.07 Å². The van der Waals surface area contributed by atoms with Crippen molar-refractivity contribution in [2.45, 2.75) is 6.61 Å². The molecule has 4 aromatic rings. The Morgan fingerprint density at radius 2 is 1.79 bits per heavy atom. The van der Waals surface area contributed by atoms with Crippen molar-refractivity contribution < 1.29 is 19.0 Å². The summed E-state index contributed by atoms with van der Waals surface area (Å²) in [7, 11) is 0. The molecule has 2 aromatic heterocycles. The molecule has 2 amide bonds. The molecule has 9 heteroatoms. The van der Waals surface area contributed by atoms with E-state index in [1.54, 1.807) is 60.8 Å².